The summed E-state index contributed by atoms with van der Waals surface area (Å²) in [5.41, 5.74) is 0.887. The maximum Gasteiger partial charge on any atom is 0.471 e. The number of nitrogens with zero attached hydrogens (tertiary/aromatic N) is 1. The monoisotopic (exact) mass is 395 g/mol. The van der Waals surface area contributed by atoms with Crippen molar-refractivity contribution in [3.8, 4) is 0 Å². The number of amides is 2. The first-order valence-electron chi connectivity index (χ1n) is 7.88. The summed E-state index contributed by atoms with van der Waals surface area (Å²) in [5, 5.41) is 15.0. The lowest BCUT2D eigenvalue weighted by atomic mass is 10.1. The molecule has 1 aromatic rings. The lowest BCUT2D eigenvalue weighted by Gasteiger charge is -2.22. The van der Waals surface area contributed by atoms with Crippen LogP contribution in [0.25, 0.3) is 0 Å². The number of halogens is 4. The average molecular weight is 396 g/mol. The molecule has 0 saturated carbocycles. The minimum Gasteiger partial charge on any atom is -0.392 e. The van der Waals surface area contributed by atoms with Crippen LogP contribution in [0.5, 0.6) is 0 Å². The van der Waals surface area contributed by atoms with Gasteiger partial charge in [-0.2, -0.15) is 13.2 Å². The van der Waals surface area contributed by atoms with Crippen LogP contribution in [0.2, 0.25) is 0 Å². The first-order chi connectivity index (χ1) is 11.7. The Balaban J connectivity index is 0.00000338. The van der Waals surface area contributed by atoms with E-state index >= 15 is 0 Å². The van der Waals surface area contributed by atoms with Crippen molar-refractivity contribution >= 4 is 29.9 Å². The summed E-state index contributed by atoms with van der Waals surface area (Å²) in [6.45, 7) is 1.51. The maximum atomic E-state index is 12.6. The fourth-order valence-electron chi connectivity index (χ4n) is 2.62. The van der Waals surface area contributed by atoms with Crippen LogP contribution >= 0.6 is 12.4 Å². The van der Waals surface area contributed by atoms with Crippen molar-refractivity contribution in [2.45, 2.75) is 38.2 Å². The van der Waals surface area contributed by atoms with E-state index < -0.39 is 24.2 Å². The van der Waals surface area contributed by atoms with E-state index in [9.17, 15) is 27.9 Å². The summed E-state index contributed by atoms with van der Waals surface area (Å²) in [7, 11) is 0. The third-order valence-electron chi connectivity index (χ3n) is 3.90. The molecule has 0 radical (unpaired) electrons. The molecule has 10 heteroatoms. The second kappa shape index (κ2) is 9.20. The molecule has 2 atom stereocenters. The fourth-order valence-corrected chi connectivity index (χ4v) is 2.62. The summed E-state index contributed by atoms with van der Waals surface area (Å²) in [6.07, 6.45) is -5.19. The van der Waals surface area contributed by atoms with Gasteiger partial charge in [0.1, 0.15) is 0 Å². The number of benzene rings is 1. The molecule has 1 aliphatic rings. The van der Waals surface area contributed by atoms with Gasteiger partial charge in [-0.25, -0.2) is 0 Å². The molecule has 0 spiro atoms. The van der Waals surface area contributed by atoms with E-state index in [2.05, 4.69) is 10.6 Å². The molecule has 2 unspecified atom stereocenters. The van der Waals surface area contributed by atoms with Gasteiger partial charge in [0.05, 0.1) is 12.1 Å². The number of β-amino-alcohol motifs (C(OH)–C–C–N with tert-alkyl or cyclic N) is 1. The highest BCUT2D eigenvalue weighted by molar-refractivity contribution is 5.95. The predicted octanol–water partition coefficient (Wildman–Crippen LogP) is 1.68. The number of aliphatic hydroxyl groups excluding tert-OH is 1. The summed E-state index contributed by atoms with van der Waals surface area (Å²) in [6, 6.07) is 5.79. The molecule has 2 rings (SSSR count). The van der Waals surface area contributed by atoms with Gasteiger partial charge >= 0.3 is 12.1 Å². The molecule has 0 aromatic heterocycles. The molecule has 2 amide bonds. The van der Waals surface area contributed by atoms with Crippen molar-refractivity contribution in [3.63, 3.8) is 0 Å². The largest absolute Gasteiger partial charge is 0.471 e. The molecule has 0 aliphatic carbocycles. The van der Waals surface area contributed by atoms with Gasteiger partial charge in [-0.1, -0.05) is 12.1 Å². The van der Waals surface area contributed by atoms with Crippen LogP contribution in [0.1, 0.15) is 18.9 Å². The highest BCUT2D eigenvalue weighted by Crippen LogP contribution is 2.21. The quantitative estimate of drug-likeness (QED) is 0.708. The van der Waals surface area contributed by atoms with Gasteiger partial charge in [0.25, 0.3) is 0 Å². The fraction of sp³-hybridized carbons (Fsp3) is 0.500. The van der Waals surface area contributed by atoms with Gasteiger partial charge in [0.2, 0.25) is 5.91 Å². The number of carbonyl (C=O) groups excluding carboxylic acids is 2. The Labute approximate surface area is 155 Å². The van der Waals surface area contributed by atoms with Gasteiger partial charge < -0.3 is 20.6 Å². The first-order valence-corrected chi connectivity index (χ1v) is 7.88. The van der Waals surface area contributed by atoms with E-state index in [1.807, 2.05) is 0 Å². The van der Waals surface area contributed by atoms with E-state index in [0.717, 1.165) is 0 Å². The lowest BCUT2D eigenvalue weighted by Crippen LogP contribution is -2.40. The lowest BCUT2D eigenvalue weighted by molar-refractivity contribution is -0.185. The number of aliphatic hydroxyl groups is 1. The number of nitrogens with one attached hydrogen (secondary N) is 2. The summed E-state index contributed by atoms with van der Waals surface area (Å²) >= 11 is 0. The molecule has 0 bridgehead atoms. The Morgan fingerprint density at radius 3 is 2.62 bits per heavy atom. The Kier molecular flexibility index (Phi) is 7.86. The molecule has 6 nitrogen and oxygen atoms in total. The maximum absolute atomic E-state index is 12.6. The minimum absolute atomic E-state index is 0. The predicted molar refractivity (Wildman–Crippen MR) is 91.9 cm³/mol. The minimum atomic E-state index is -4.92. The van der Waals surface area contributed by atoms with Crippen LogP contribution in [0.3, 0.4) is 0 Å². The topological polar surface area (TPSA) is 81.7 Å². The van der Waals surface area contributed by atoms with Crippen molar-refractivity contribution in [2.75, 3.05) is 18.4 Å². The molecule has 1 saturated heterocycles. The van der Waals surface area contributed by atoms with Gasteiger partial charge in [-0.05, 0) is 31.0 Å². The molecule has 1 fully saturated rings. The molecule has 1 aromatic carbocycles. The molecule has 26 heavy (non-hydrogen) atoms. The molecule has 3 N–H and O–H groups in total. The Hall–Kier alpha value is -1.84. The van der Waals surface area contributed by atoms with Crippen molar-refractivity contribution < 1.29 is 27.9 Å². The molecular formula is C16H21ClF3N3O3. The second-order valence-corrected chi connectivity index (χ2v) is 5.86. The standard InChI is InChI=1S/C16H20F3N3O3.ClH/c1-2-22(15(25)16(17,18)19)9-10-4-3-5-11(6-10)21-14(24)13-7-12(23)8-20-13;/h3-6,12-13,20,23H,2,7-9H2,1H3,(H,21,24);1H. The highest BCUT2D eigenvalue weighted by Gasteiger charge is 2.41. The van der Waals surface area contributed by atoms with E-state index in [1.54, 1.807) is 18.2 Å². The second-order valence-electron chi connectivity index (χ2n) is 5.86. The number of hydrogen-bond acceptors (Lipinski definition) is 4. The van der Waals surface area contributed by atoms with Crippen LogP contribution in [-0.2, 0) is 16.1 Å². The summed E-state index contributed by atoms with van der Waals surface area (Å²) in [5.74, 6) is -2.22. The summed E-state index contributed by atoms with van der Waals surface area (Å²) in [4.78, 5) is 24.1. The zero-order chi connectivity index (χ0) is 18.6. The molecular weight excluding hydrogens is 375 g/mol. The molecule has 146 valence electrons. The van der Waals surface area contributed by atoms with Crippen molar-refractivity contribution in [2.24, 2.45) is 0 Å². The van der Waals surface area contributed by atoms with Crippen LogP contribution in [0, 0.1) is 0 Å². The third-order valence-corrected chi connectivity index (χ3v) is 3.90. The Morgan fingerprint density at radius 1 is 1.38 bits per heavy atom. The van der Waals surface area contributed by atoms with E-state index in [0.29, 0.717) is 29.1 Å². The number of anilines is 1. The molecule has 1 heterocycles. The first kappa shape index (κ1) is 22.2. The van der Waals surface area contributed by atoms with E-state index in [4.69, 9.17) is 0 Å². The normalized spacial score (nSPS) is 19.6. The third kappa shape index (κ3) is 5.86. The zero-order valence-electron chi connectivity index (χ0n) is 14.0. The zero-order valence-corrected chi connectivity index (χ0v) is 14.9. The average Bonchev–Trinajstić information content (AvgIpc) is 2.98. The van der Waals surface area contributed by atoms with Gasteiger partial charge in [-0.15, -0.1) is 12.4 Å². The van der Waals surface area contributed by atoms with Crippen molar-refractivity contribution in [3.05, 3.63) is 29.8 Å². The number of carbonyl (C=O) groups is 2. The number of rotatable bonds is 5. The number of alkyl halides is 3. The summed E-state index contributed by atoms with van der Waals surface area (Å²) < 4.78 is 37.7. The van der Waals surface area contributed by atoms with Gasteiger partial charge in [-0.3, -0.25) is 9.59 Å². The van der Waals surface area contributed by atoms with Gasteiger partial charge in [0, 0.05) is 25.3 Å². The Morgan fingerprint density at radius 2 is 2.08 bits per heavy atom. The van der Waals surface area contributed by atoms with Gasteiger partial charge in [0.15, 0.2) is 0 Å². The van der Waals surface area contributed by atoms with Crippen LogP contribution in [-0.4, -0.2) is 53.2 Å². The van der Waals surface area contributed by atoms with Crippen LogP contribution in [0.15, 0.2) is 24.3 Å². The van der Waals surface area contributed by atoms with Crippen molar-refractivity contribution in [1.82, 2.24) is 10.2 Å². The van der Waals surface area contributed by atoms with Crippen LogP contribution < -0.4 is 10.6 Å². The highest BCUT2D eigenvalue weighted by atomic mass is 35.5. The number of hydrogen-bond donors (Lipinski definition) is 3. The van der Waals surface area contributed by atoms with E-state index in [1.165, 1.54) is 13.0 Å². The molecule has 1 aliphatic heterocycles. The Bertz CT molecular complexity index is 643. The van der Waals surface area contributed by atoms with E-state index in [-0.39, 0.29) is 31.4 Å². The van der Waals surface area contributed by atoms with Crippen LogP contribution in [0.4, 0.5) is 18.9 Å². The smallest absolute Gasteiger partial charge is 0.392 e. The SMILES string of the molecule is CCN(Cc1cccc(NC(=O)C2CC(O)CN2)c1)C(=O)C(F)(F)F.Cl. The van der Waals surface area contributed by atoms with Crippen molar-refractivity contribution in [1.29, 1.82) is 0 Å².